The maximum absolute atomic E-state index is 13.7. The highest BCUT2D eigenvalue weighted by atomic mass is 32.1. The average molecular weight is 421 g/mol. The third-order valence-corrected chi connectivity index (χ3v) is 4.57. The normalized spacial score (nSPS) is 10.2. The molecular formula is C23H20FN3O2S. The molecule has 0 aromatic heterocycles. The Labute approximate surface area is 179 Å². The molecule has 3 aromatic rings. The summed E-state index contributed by atoms with van der Waals surface area (Å²) in [7, 11) is 0. The summed E-state index contributed by atoms with van der Waals surface area (Å²) in [5.41, 5.74) is 1.84. The van der Waals surface area contributed by atoms with Crippen LogP contribution < -0.4 is 15.5 Å². The summed E-state index contributed by atoms with van der Waals surface area (Å²) in [5, 5.41) is 5.32. The number of carbonyl (C=O) groups is 2. The smallest absolute Gasteiger partial charge is 0.260 e. The van der Waals surface area contributed by atoms with E-state index in [1.807, 2.05) is 37.3 Å². The highest BCUT2D eigenvalue weighted by Crippen LogP contribution is 2.18. The van der Waals surface area contributed by atoms with Gasteiger partial charge in [-0.2, -0.15) is 0 Å². The van der Waals surface area contributed by atoms with Gasteiger partial charge in [-0.05, 0) is 67.7 Å². The van der Waals surface area contributed by atoms with E-state index in [9.17, 15) is 14.0 Å². The lowest BCUT2D eigenvalue weighted by atomic mass is 10.1. The van der Waals surface area contributed by atoms with Gasteiger partial charge in [-0.3, -0.25) is 14.9 Å². The van der Waals surface area contributed by atoms with Crippen LogP contribution in [-0.4, -0.2) is 23.5 Å². The number of para-hydroxylation sites is 1. The van der Waals surface area contributed by atoms with Gasteiger partial charge in [0.2, 0.25) is 0 Å². The SMILES string of the molecule is CCN(C(=O)c1ccc(NC(=S)NC(=O)c2ccccc2F)cc1)c1ccccc1. The number of nitrogens with zero attached hydrogens (tertiary/aromatic N) is 1. The van der Waals surface area contributed by atoms with Crippen molar-refractivity contribution in [2.45, 2.75) is 6.92 Å². The Morgan fingerprint density at radius 1 is 0.933 bits per heavy atom. The van der Waals surface area contributed by atoms with Gasteiger partial charge >= 0.3 is 0 Å². The van der Waals surface area contributed by atoms with Gasteiger partial charge in [-0.15, -0.1) is 0 Å². The number of halogens is 1. The molecule has 0 fully saturated rings. The van der Waals surface area contributed by atoms with Crippen LogP contribution in [0.25, 0.3) is 0 Å². The van der Waals surface area contributed by atoms with Gasteiger partial charge in [0.15, 0.2) is 5.11 Å². The van der Waals surface area contributed by atoms with E-state index in [0.29, 0.717) is 17.8 Å². The molecule has 0 bridgehead atoms. The molecule has 0 saturated carbocycles. The first kappa shape index (κ1) is 21.1. The van der Waals surface area contributed by atoms with Crippen molar-refractivity contribution in [2.75, 3.05) is 16.8 Å². The zero-order valence-corrected chi connectivity index (χ0v) is 17.1. The monoisotopic (exact) mass is 421 g/mol. The van der Waals surface area contributed by atoms with E-state index < -0.39 is 11.7 Å². The van der Waals surface area contributed by atoms with Crippen LogP contribution in [0.5, 0.6) is 0 Å². The Balaban J connectivity index is 1.64. The van der Waals surface area contributed by atoms with E-state index in [2.05, 4.69) is 10.6 Å². The molecule has 0 spiro atoms. The van der Waals surface area contributed by atoms with E-state index in [1.54, 1.807) is 35.2 Å². The summed E-state index contributed by atoms with van der Waals surface area (Å²) in [6.45, 7) is 2.45. The van der Waals surface area contributed by atoms with Gasteiger partial charge in [0.25, 0.3) is 11.8 Å². The van der Waals surface area contributed by atoms with Crippen LogP contribution in [-0.2, 0) is 0 Å². The lowest BCUT2D eigenvalue weighted by Gasteiger charge is -2.21. The molecule has 0 aliphatic rings. The lowest BCUT2D eigenvalue weighted by Crippen LogP contribution is -2.34. The molecule has 2 N–H and O–H groups in total. The summed E-state index contributed by atoms with van der Waals surface area (Å²) in [6.07, 6.45) is 0. The molecule has 3 aromatic carbocycles. The maximum Gasteiger partial charge on any atom is 0.260 e. The van der Waals surface area contributed by atoms with Crippen LogP contribution in [0.1, 0.15) is 27.6 Å². The fourth-order valence-electron chi connectivity index (χ4n) is 2.88. The van der Waals surface area contributed by atoms with Crippen molar-refractivity contribution in [2.24, 2.45) is 0 Å². The van der Waals surface area contributed by atoms with E-state index in [1.165, 1.54) is 18.2 Å². The first-order chi connectivity index (χ1) is 14.5. The molecule has 2 amide bonds. The first-order valence-electron chi connectivity index (χ1n) is 9.33. The van der Waals surface area contributed by atoms with Gasteiger partial charge < -0.3 is 10.2 Å². The lowest BCUT2D eigenvalue weighted by molar-refractivity contribution is 0.0970. The van der Waals surface area contributed by atoms with Crippen LogP contribution in [0.2, 0.25) is 0 Å². The van der Waals surface area contributed by atoms with E-state index >= 15 is 0 Å². The van der Waals surface area contributed by atoms with Crippen molar-refractivity contribution < 1.29 is 14.0 Å². The van der Waals surface area contributed by atoms with Crippen molar-refractivity contribution in [3.63, 3.8) is 0 Å². The second-order valence-electron chi connectivity index (χ2n) is 6.35. The summed E-state index contributed by atoms with van der Waals surface area (Å²) >= 11 is 5.12. The zero-order chi connectivity index (χ0) is 21.5. The minimum absolute atomic E-state index is 0.0294. The Morgan fingerprint density at radius 3 is 2.20 bits per heavy atom. The molecular weight excluding hydrogens is 401 g/mol. The van der Waals surface area contributed by atoms with Crippen molar-refractivity contribution in [1.29, 1.82) is 0 Å². The quantitative estimate of drug-likeness (QED) is 0.590. The first-order valence-corrected chi connectivity index (χ1v) is 9.74. The predicted molar refractivity (Wildman–Crippen MR) is 120 cm³/mol. The number of hydrogen-bond acceptors (Lipinski definition) is 3. The fraction of sp³-hybridized carbons (Fsp3) is 0.0870. The summed E-state index contributed by atoms with van der Waals surface area (Å²) in [6, 6.07) is 21.8. The number of nitrogens with one attached hydrogen (secondary N) is 2. The minimum Gasteiger partial charge on any atom is -0.332 e. The van der Waals surface area contributed by atoms with Gasteiger partial charge in [0, 0.05) is 23.5 Å². The van der Waals surface area contributed by atoms with Crippen molar-refractivity contribution in [3.8, 4) is 0 Å². The van der Waals surface area contributed by atoms with Gasteiger partial charge in [0.1, 0.15) is 5.82 Å². The van der Waals surface area contributed by atoms with Crippen molar-refractivity contribution in [3.05, 3.63) is 95.8 Å². The molecule has 7 heteroatoms. The van der Waals surface area contributed by atoms with Crippen LogP contribution >= 0.6 is 12.2 Å². The number of anilines is 2. The number of thiocarbonyl (C=S) groups is 1. The fourth-order valence-corrected chi connectivity index (χ4v) is 3.09. The van der Waals surface area contributed by atoms with Gasteiger partial charge in [-0.25, -0.2) is 4.39 Å². The molecule has 0 atom stereocenters. The predicted octanol–water partition coefficient (Wildman–Crippen LogP) is 4.62. The molecule has 5 nitrogen and oxygen atoms in total. The number of hydrogen-bond donors (Lipinski definition) is 2. The number of benzene rings is 3. The van der Waals surface area contributed by atoms with Crippen molar-refractivity contribution in [1.82, 2.24) is 5.32 Å². The Hall–Kier alpha value is -3.58. The molecule has 0 aliphatic carbocycles. The highest BCUT2D eigenvalue weighted by Gasteiger charge is 2.16. The maximum atomic E-state index is 13.7. The molecule has 0 aliphatic heterocycles. The number of amides is 2. The summed E-state index contributed by atoms with van der Waals surface area (Å²) in [4.78, 5) is 26.6. The van der Waals surface area contributed by atoms with E-state index in [-0.39, 0.29) is 16.6 Å². The van der Waals surface area contributed by atoms with E-state index in [4.69, 9.17) is 12.2 Å². The Kier molecular flexibility index (Phi) is 6.87. The van der Waals surface area contributed by atoms with Gasteiger partial charge in [-0.1, -0.05) is 30.3 Å². The molecule has 152 valence electrons. The standard InChI is InChI=1S/C23H20FN3O2S/c1-2-27(18-8-4-3-5-9-18)22(29)16-12-14-17(15-13-16)25-23(30)26-21(28)19-10-6-7-11-20(19)24/h3-15H,2H2,1H3,(H2,25,26,28,30). The molecule has 30 heavy (non-hydrogen) atoms. The molecule has 3 rings (SSSR count). The molecule has 0 unspecified atom stereocenters. The van der Waals surface area contributed by atoms with Crippen LogP contribution in [0.3, 0.4) is 0 Å². The van der Waals surface area contributed by atoms with Gasteiger partial charge in [0.05, 0.1) is 5.56 Å². The number of rotatable bonds is 5. The molecule has 0 saturated heterocycles. The average Bonchev–Trinajstić information content (AvgIpc) is 2.75. The third kappa shape index (κ3) is 5.07. The Bertz CT molecular complexity index is 1060. The summed E-state index contributed by atoms with van der Waals surface area (Å²) in [5.74, 6) is -1.39. The van der Waals surface area contributed by atoms with E-state index in [0.717, 1.165) is 5.69 Å². The van der Waals surface area contributed by atoms with Crippen LogP contribution in [0.4, 0.5) is 15.8 Å². The highest BCUT2D eigenvalue weighted by molar-refractivity contribution is 7.80. The zero-order valence-electron chi connectivity index (χ0n) is 16.3. The second kappa shape index (κ2) is 9.76. The topological polar surface area (TPSA) is 61.4 Å². The van der Waals surface area contributed by atoms with Crippen molar-refractivity contribution >= 4 is 40.5 Å². The minimum atomic E-state index is -0.640. The summed E-state index contributed by atoms with van der Waals surface area (Å²) < 4.78 is 13.7. The van der Waals surface area contributed by atoms with Crippen LogP contribution in [0, 0.1) is 5.82 Å². The second-order valence-corrected chi connectivity index (χ2v) is 6.76. The third-order valence-electron chi connectivity index (χ3n) is 4.36. The Morgan fingerprint density at radius 2 is 1.57 bits per heavy atom. The van der Waals surface area contributed by atoms with Crippen LogP contribution in [0.15, 0.2) is 78.9 Å². The molecule has 0 radical (unpaired) electrons. The largest absolute Gasteiger partial charge is 0.332 e. The number of carbonyl (C=O) groups excluding carboxylic acids is 2. The molecule has 0 heterocycles.